The Balaban J connectivity index is 2.91. The molecule has 80 valence electrons. The average Bonchev–Trinajstić information content (AvgIpc) is 2.18. The van der Waals surface area contributed by atoms with Gasteiger partial charge in [-0.25, -0.2) is 4.79 Å². The van der Waals surface area contributed by atoms with Gasteiger partial charge >= 0.3 is 5.97 Å². The minimum absolute atomic E-state index is 0.136. The van der Waals surface area contributed by atoms with Gasteiger partial charge in [0.2, 0.25) is 0 Å². The SMILES string of the molecule is CCCc1cccc(/C=C(/N)C(=O)O)c1. The second-order valence-electron chi connectivity index (χ2n) is 3.40. The molecule has 0 unspecified atom stereocenters. The number of aliphatic carboxylic acids is 1. The maximum Gasteiger partial charge on any atom is 0.351 e. The number of aryl methyl sites for hydroxylation is 1. The number of benzene rings is 1. The van der Waals surface area contributed by atoms with Gasteiger partial charge in [0, 0.05) is 0 Å². The summed E-state index contributed by atoms with van der Waals surface area (Å²) in [6, 6.07) is 7.73. The molecule has 0 aliphatic rings. The quantitative estimate of drug-likeness (QED) is 0.739. The molecule has 1 aromatic carbocycles. The number of hydrogen-bond acceptors (Lipinski definition) is 2. The van der Waals surface area contributed by atoms with E-state index in [4.69, 9.17) is 10.8 Å². The molecule has 3 heteroatoms. The van der Waals surface area contributed by atoms with Crippen LogP contribution in [0.15, 0.2) is 30.0 Å². The van der Waals surface area contributed by atoms with Crippen molar-refractivity contribution in [3.05, 3.63) is 41.1 Å². The molecule has 0 saturated carbocycles. The van der Waals surface area contributed by atoms with Crippen LogP contribution in [0, 0.1) is 0 Å². The molecular formula is C12H15NO2. The zero-order valence-corrected chi connectivity index (χ0v) is 8.73. The highest BCUT2D eigenvalue weighted by Gasteiger charge is 2.01. The fraction of sp³-hybridized carbons (Fsp3) is 0.250. The summed E-state index contributed by atoms with van der Waals surface area (Å²) in [6.07, 6.45) is 3.54. The van der Waals surface area contributed by atoms with Crippen LogP contribution >= 0.6 is 0 Å². The van der Waals surface area contributed by atoms with Crippen molar-refractivity contribution in [2.24, 2.45) is 5.73 Å². The Kier molecular flexibility index (Phi) is 3.92. The summed E-state index contributed by atoms with van der Waals surface area (Å²) in [7, 11) is 0. The van der Waals surface area contributed by atoms with Crippen LogP contribution in [0.4, 0.5) is 0 Å². The molecule has 0 fully saturated rings. The van der Waals surface area contributed by atoms with Crippen LogP contribution in [0.3, 0.4) is 0 Å². The Morgan fingerprint density at radius 2 is 2.27 bits per heavy atom. The van der Waals surface area contributed by atoms with E-state index in [1.54, 1.807) is 0 Å². The van der Waals surface area contributed by atoms with E-state index in [0.717, 1.165) is 18.4 Å². The van der Waals surface area contributed by atoms with E-state index < -0.39 is 5.97 Å². The first-order chi connectivity index (χ1) is 7.13. The normalized spacial score (nSPS) is 11.4. The third-order valence-electron chi connectivity index (χ3n) is 2.06. The Morgan fingerprint density at radius 3 is 2.87 bits per heavy atom. The first-order valence-electron chi connectivity index (χ1n) is 4.93. The smallest absolute Gasteiger partial charge is 0.351 e. The van der Waals surface area contributed by atoms with Gasteiger partial charge in [0.15, 0.2) is 0 Å². The molecule has 1 aromatic rings. The number of hydrogen-bond donors (Lipinski definition) is 2. The van der Waals surface area contributed by atoms with Crippen molar-refractivity contribution in [2.45, 2.75) is 19.8 Å². The zero-order chi connectivity index (χ0) is 11.3. The predicted octanol–water partition coefficient (Wildman–Crippen LogP) is 2.02. The van der Waals surface area contributed by atoms with Crippen LogP contribution in [0.2, 0.25) is 0 Å². The number of carboxylic acid groups (broad SMARTS) is 1. The molecule has 0 spiro atoms. The van der Waals surface area contributed by atoms with E-state index in [0.29, 0.717) is 0 Å². The summed E-state index contributed by atoms with van der Waals surface area (Å²) in [5, 5.41) is 8.62. The highest BCUT2D eigenvalue weighted by atomic mass is 16.4. The molecule has 0 amide bonds. The van der Waals surface area contributed by atoms with Gasteiger partial charge in [0.1, 0.15) is 5.70 Å². The lowest BCUT2D eigenvalue weighted by Crippen LogP contribution is -2.09. The summed E-state index contributed by atoms with van der Waals surface area (Å²) in [4.78, 5) is 10.5. The topological polar surface area (TPSA) is 63.3 Å². The maximum atomic E-state index is 10.5. The van der Waals surface area contributed by atoms with Crippen molar-refractivity contribution in [1.82, 2.24) is 0 Å². The van der Waals surface area contributed by atoms with Gasteiger partial charge in [-0.15, -0.1) is 0 Å². The van der Waals surface area contributed by atoms with Crippen molar-refractivity contribution < 1.29 is 9.90 Å². The Hall–Kier alpha value is -1.77. The second-order valence-corrected chi connectivity index (χ2v) is 3.40. The molecule has 0 heterocycles. The third kappa shape index (κ3) is 3.46. The van der Waals surface area contributed by atoms with Gasteiger partial charge in [-0.1, -0.05) is 37.6 Å². The average molecular weight is 205 g/mol. The summed E-state index contributed by atoms with van der Waals surface area (Å²) >= 11 is 0. The lowest BCUT2D eigenvalue weighted by molar-refractivity contribution is -0.132. The molecule has 0 saturated heterocycles. The number of nitrogens with two attached hydrogens (primary N) is 1. The van der Waals surface area contributed by atoms with E-state index in [1.807, 2.05) is 24.3 Å². The first kappa shape index (κ1) is 11.3. The van der Waals surface area contributed by atoms with Gasteiger partial charge in [0.25, 0.3) is 0 Å². The number of carboxylic acids is 1. The van der Waals surface area contributed by atoms with Gasteiger partial charge < -0.3 is 10.8 Å². The fourth-order valence-electron chi connectivity index (χ4n) is 1.37. The molecule has 0 bridgehead atoms. The van der Waals surface area contributed by atoms with E-state index in [1.165, 1.54) is 11.6 Å². The van der Waals surface area contributed by atoms with Crippen molar-refractivity contribution in [3.8, 4) is 0 Å². The number of carbonyl (C=O) groups is 1. The van der Waals surface area contributed by atoms with Gasteiger partial charge in [-0.2, -0.15) is 0 Å². The first-order valence-corrected chi connectivity index (χ1v) is 4.93. The molecule has 3 N–H and O–H groups in total. The van der Waals surface area contributed by atoms with E-state index in [-0.39, 0.29) is 5.70 Å². The van der Waals surface area contributed by atoms with Crippen LogP contribution < -0.4 is 5.73 Å². The Labute approximate surface area is 89.2 Å². The van der Waals surface area contributed by atoms with Crippen LogP contribution in [0.25, 0.3) is 6.08 Å². The predicted molar refractivity (Wildman–Crippen MR) is 60.2 cm³/mol. The summed E-state index contributed by atoms with van der Waals surface area (Å²) < 4.78 is 0. The van der Waals surface area contributed by atoms with E-state index in [2.05, 4.69) is 6.92 Å². The highest BCUT2D eigenvalue weighted by Crippen LogP contribution is 2.10. The van der Waals surface area contributed by atoms with Gasteiger partial charge in [-0.05, 0) is 23.6 Å². The molecule has 0 aromatic heterocycles. The Bertz CT molecular complexity index is 383. The third-order valence-corrected chi connectivity index (χ3v) is 2.06. The van der Waals surface area contributed by atoms with Gasteiger partial charge in [-0.3, -0.25) is 0 Å². The highest BCUT2D eigenvalue weighted by molar-refractivity contribution is 5.90. The molecule has 1 rings (SSSR count). The van der Waals surface area contributed by atoms with Crippen molar-refractivity contribution in [3.63, 3.8) is 0 Å². The molecular weight excluding hydrogens is 190 g/mol. The molecule has 0 radical (unpaired) electrons. The van der Waals surface area contributed by atoms with Crippen LogP contribution in [-0.4, -0.2) is 11.1 Å². The van der Waals surface area contributed by atoms with Gasteiger partial charge in [0.05, 0.1) is 0 Å². The maximum absolute atomic E-state index is 10.5. The Morgan fingerprint density at radius 1 is 1.53 bits per heavy atom. The summed E-state index contributed by atoms with van der Waals surface area (Å²) in [5.74, 6) is -1.09. The minimum atomic E-state index is -1.09. The lowest BCUT2D eigenvalue weighted by Gasteiger charge is -2.00. The van der Waals surface area contributed by atoms with Crippen molar-refractivity contribution in [1.29, 1.82) is 0 Å². The molecule has 0 aliphatic carbocycles. The second kappa shape index (κ2) is 5.20. The zero-order valence-electron chi connectivity index (χ0n) is 8.73. The van der Waals surface area contributed by atoms with Crippen LogP contribution in [0.1, 0.15) is 24.5 Å². The summed E-state index contributed by atoms with van der Waals surface area (Å²) in [6.45, 7) is 2.11. The van der Waals surface area contributed by atoms with Crippen LogP contribution in [-0.2, 0) is 11.2 Å². The van der Waals surface area contributed by atoms with Crippen LogP contribution in [0.5, 0.6) is 0 Å². The molecule has 15 heavy (non-hydrogen) atoms. The molecule has 0 aliphatic heterocycles. The summed E-state index contributed by atoms with van der Waals surface area (Å²) in [5.41, 5.74) is 7.23. The monoisotopic (exact) mass is 205 g/mol. The lowest BCUT2D eigenvalue weighted by atomic mass is 10.1. The van der Waals surface area contributed by atoms with E-state index >= 15 is 0 Å². The van der Waals surface area contributed by atoms with E-state index in [9.17, 15) is 4.79 Å². The fourth-order valence-corrected chi connectivity index (χ4v) is 1.37. The minimum Gasteiger partial charge on any atom is -0.477 e. The standard InChI is InChI=1S/C12H15NO2/c1-2-4-9-5-3-6-10(7-9)8-11(13)12(14)15/h3,5-8H,2,4,13H2,1H3,(H,14,15)/b11-8+. The molecule has 0 atom stereocenters. The molecule has 3 nitrogen and oxygen atoms in total. The number of rotatable bonds is 4. The van der Waals surface area contributed by atoms with Crippen molar-refractivity contribution >= 4 is 12.0 Å². The largest absolute Gasteiger partial charge is 0.477 e. The van der Waals surface area contributed by atoms with Crippen molar-refractivity contribution in [2.75, 3.05) is 0 Å².